The lowest BCUT2D eigenvalue weighted by Gasteiger charge is -2.25. The third-order valence-electron chi connectivity index (χ3n) is 4.71. The molecule has 2 aliphatic rings. The van der Waals surface area contributed by atoms with Gasteiger partial charge in [-0.3, -0.25) is 19.1 Å². The average Bonchev–Trinajstić information content (AvgIpc) is 3.37. The summed E-state index contributed by atoms with van der Waals surface area (Å²) in [7, 11) is 0. The van der Waals surface area contributed by atoms with E-state index in [9.17, 15) is 9.59 Å². The summed E-state index contributed by atoms with van der Waals surface area (Å²) >= 11 is 1.54. The van der Waals surface area contributed by atoms with Crippen molar-refractivity contribution in [1.29, 1.82) is 0 Å². The Hall–Kier alpha value is -2.06. The number of hydrogen-bond donors (Lipinski definition) is 1. The minimum Gasteiger partial charge on any atom is -0.468 e. The molecule has 4 rings (SSSR count). The second-order valence-corrected chi connectivity index (χ2v) is 7.31. The van der Waals surface area contributed by atoms with Crippen molar-refractivity contribution in [2.24, 2.45) is 0 Å². The monoisotopic (exact) mass is 360 g/mol. The van der Waals surface area contributed by atoms with E-state index < -0.39 is 0 Å². The first-order valence-electron chi connectivity index (χ1n) is 8.52. The van der Waals surface area contributed by atoms with Gasteiger partial charge in [0, 0.05) is 25.0 Å². The molecule has 1 saturated heterocycles. The van der Waals surface area contributed by atoms with Crippen LogP contribution in [0.15, 0.2) is 39.0 Å². The van der Waals surface area contributed by atoms with Gasteiger partial charge in [-0.25, -0.2) is 4.98 Å². The van der Waals surface area contributed by atoms with Crippen LogP contribution in [-0.4, -0.2) is 45.7 Å². The number of fused-ring (bicyclic) bond motifs is 1. The normalized spacial score (nSPS) is 18.2. The highest BCUT2D eigenvalue weighted by Gasteiger charge is 2.27. The zero-order valence-electron chi connectivity index (χ0n) is 13.8. The van der Waals surface area contributed by atoms with Gasteiger partial charge >= 0.3 is 0 Å². The summed E-state index contributed by atoms with van der Waals surface area (Å²) in [6, 6.07) is 3.77. The van der Waals surface area contributed by atoms with E-state index in [0.29, 0.717) is 18.2 Å². The van der Waals surface area contributed by atoms with Crippen molar-refractivity contribution in [1.82, 2.24) is 19.8 Å². The molecule has 4 heterocycles. The van der Waals surface area contributed by atoms with Crippen LogP contribution in [0.1, 0.15) is 35.0 Å². The first kappa shape index (κ1) is 16.4. The minimum absolute atomic E-state index is 0.0119. The summed E-state index contributed by atoms with van der Waals surface area (Å²) in [5.74, 6) is 1.28. The maximum Gasteiger partial charge on any atom is 0.267 e. The number of furan rings is 1. The molecule has 0 aliphatic carbocycles. The highest BCUT2D eigenvalue weighted by atomic mass is 32.2. The summed E-state index contributed by atoms with van der Waals surface area (Å²) in [5.41, 5.74) is -0.158. The van der Waals surface area contributed by atoms with Gasteiger partial charge in [-0.15, -0.1) is 0 Å². The molecule has 132 valence electrons. The third-order valence-corrected chi connectivity index (χ3v) is 5.68. The molecule has 0 spiro atoms. The first-order chi connectivity index (χ1) is 12.2. The quantitative estimate of drug-likeness (QED) is 0.814. The van der Waals surface area contributed by atoms with Gasteiger partial charge in [0.05, 0.1) is 12.3 Å². The fourth-order valence-corrected chi connectivity index (χ4v) is 4.32. The Morgan fingerprint density at radius 2 is 2.20 bits per heavy atom. The molecule has 1 N–H and O–H groups in total. The number of carbonyl (C=O) groups is 1. The number of nitrogens with zero attached hydrogens (tertiary/aromatic N) is 3. The van der Waals surface area contributed by atoms with Crippen molar-refractivity contribution in [3.8, 4) is 0 Å². The molecule has 2 aromatic heterocycles. The van der Waals surface area contributed by atoms with Crippen LogP contribution in [0.5, 0.6) is 0 Å². The van der Waals surface area contributed by atoms with Crippen molar-refractivity contribution in [3.05, 3.63) is 46.3 Å². The third kappa shape index (κ3) is 3.23. The van der Waals surface area contributed by atoms with Gasteiger partial charge in [-0.2, -0.15) is 0 Å². The lowest BCUT2D eigenvalue weighted by atomic mass is 10.2. The van der Waals surface area contributed by atoms with E-state index in [1.54, 1.807) is 10.8 Å². The van der Waals surface area contributed by atoms with E-state index in [1.807, 2.05) is 12.1 Å². The summed E-state index contributed by atoms with van der Waals surface area (Å²) < 4.78 is 7.13. The van der Waals surface area contributed by atoms with Crippen LogP contribution in [-0.2, 0) is 6.54 Å². The van der Waals surface area contributed by atoms with Gasteiger partial charge in [0.25, 0.3) is 11.5 Å². The van der Waals surface area contributed by atoms with E-state index in [-0.39, 0.29) is 23.1 Å². The van der Waals surface area contributed by atoms with Crippen molar-refractivity contribution in [2.45, 2.75) is 30.6 Å². The molecule has 25 heavy (non-hydrogen) atoms. The minimum atomic E-state index is -0.375. The molecule has 1 fully saturated rings. The molecular weight excluding hydrogens is 340 g/mol. The Balaban J connectivity index is 1.49. The van der Waals surface area contributed by atoms with Crippen molar-refractivity contribution in [3.63, 3.8) is 0 Å². The van der Waals surface area contributed by atoms with E-state index in [2.05, 4.69) is 15.2 Å². The zero-order valence-corrected chi connectivity index (χ0v) is 14.6. The Morgan fingerprint density at radius 3 is 2.96 bits per heavy atom. The molecule has 0 aromatic carbocycles. The number of thioether (sulfide) groups is 1. The zero-order chi connectivity index (χ0) is 17.2. The number of amides is 1. The number of aromatic nitrogens is 2. The Bertz CT molecular complexity index is 812. The van der Waals surface area contributed by atoms with E-state index >= 15 is 0 Å². The number of likely N-dealkylation sites (tertiary alicyclic amines) is 1. The largest absolute Gasteiger partial charge is 0.468 e. The van der Waals surface area contributed by atoms with Gasteiger partial charge in [0.1, 0.15) is 11.3 Å². The number of carbonyl (C=O) groups excluding carboxylic acids is 1. The predicted octanol–water partition coefficient (Wildman–Crippen LogP) is 1.51. The van der Waals surface area contributed by atoms with Crippen LogP contribution in [0.4, 0.5) is 0 Å². The molecule has 2 aromatic rings. The molecule has 2 aliphatic heterocycles. The smallest absolute Gasteiger partial charge is 0.267 e. The van der Waals surface area contributed by atoms with E-state index in [0.717, 1.165) is 37.4 Å². The highest BCUT2D eigenvalue weighted by molar-refractivity contribution is 7.99. The summed E-state index contributed by atoms with van der Waals surface area (Å²) in [6.45, 7) is 2.99. The lowest BCUT2D eigenvalue weighted by Crippen LogP contribution is -2.39. The van der Waals surface area contributed by atoms with Crippen LogP contribution in [0.3, 0.4) is 0 Å². The molecular formula is C17H20N4O3S. The van der Waals surface area contributed by atoms with Crippen LogP contribution < -0.4 is 10.9 Å². The second-order valence-electron chi connectivity index (χ2n) is 6.24. The number of hydrogen-bond acceptors (Lipinski definition) is 6. The topological polar surface area (TPSA) is 80.4 Å². The molecule has 0 unspecified atom stereocenters. The van der Waals surface area contributed by atoms with Crippen LogP contribution in [0, 0.1) is 0 Å². The van der Waals surface area contributed by atoms with E-state index in [4.69, 9.17) is 4.42 Å². The summed E-state index contributed by atoms with van der Waals surface area (Å²) in [6.07, 6.45) is 5.34. The van der Waals surface area contributed by atoms with Gasteiger partial charge in [-0.05, 0) is 38.1 Å². The first-order valence-corrected chi connectivity index (χ1v) is 9.51. The molecule has 1 atom stereocenters. The summed E-state index contributed by atoms with van der Waals surface area (Å²) in [4.78, 5) is 31.5. The fourth-order valence-electron chi connectivity index (χ4n) is 3.40. The molecule has 0 saturated carbocycles. The SMILES string of the molecule is O=C(NC[C@H](c1ccco1)N1CCCC1)c1cnc2n(c1=O)CCS2. The Labute approximate surface area is 149 Å². The van der Waals surface area contributed by atoms with Crippen molar-refractivity contribution in [2.75, 3.05) is 25.4 Å². The van der Waals surface area contributed by atoms with Gasteiger partial charge in [0.2, 0.25) is 0 Å². The van der Waals surface area contributed by atoms with Crippen LogP contribution in [0.25, 0.3) is 0 Å². The molecule has 7 nitrogen and oxygen atoms in total. The van der Waals surface area contributed by atoms with Crippen LogP contribution in [0.2, 0.25) is 0 Å². The lowest BCUT2D eigenvalue weighted by molar-refractivity contribution is 0.0931. The number of rotatable bonds is 5. The predicted molar refractivity (Wildman–Crippen MR) is 93.8 cm³/mol. The average molecular weight is 360 g/mol. The second kappa shape index (κ2) is 7.05. The van der Waals surface area contributed by atoms with Crippen molar-refractivity contribution < 1.29 is 9.21 Å². The maximum absolute atomic E-state index is 12.5. The molecule has 8 heteroatoms. The summed E-state index contributed by atoms with van der Waals surface area (Å²) in [5, 5.41) is 3.58. The Kier molecular flexibility index (Phi) is 4.63. The molecule has 0 bridgehead atoms. The van der Waals surface area contributed by atoms with Gasteiger partial charge in [0.15, 0.2) is 5.16 Å². The number of nitrogens with one attached hydrogen (secondary N) is 1. The van der Waals surface area contributed by atoms with E-state index in [1.165, 1.54) is 18.0 Å². The molecule has 0 radical (unpaired) electrons. The standard InChI is InChI=1S/C17H20N4O3S/c22-15(12-10-19-17-21(16(12)23)7-9-25-17)18-11-13(14-4-3-8-24-14)20-5-1-2-6-20/h3-4,8,10,13H,1-2,5-7,9,11H2,(H,18,22)/t13-/m1/s1. The maximum atomic E-state index is 12.5. The van der Waals surface area contributed by atoms with Crippen molar-refractivity contribution >= 4 is 17.7 Å². The highest BCUT2D eigenvalue weighted by Crippen LogP contribution is 2.25. The van der Waals surface area contributed by atoms with Crippen LogP contribution >= 0.6 is 11.8 Å². The fraction of sp³-hybridized carbons (Fsp3) is 0.471. The Morgan fingerprint density at radius 1 is 1.36 bits per heavy atom. The van der Waals surface area contributed by atoms with Gasteiger partial charge < -0.3 is 9.73 Å². The molecule has 1 amide bonds. The van der Waals surface area contributed by atoms with Gasteiger partial charge in [-0.1, -0.05) is 11.8 Å².